The fourth-order valence-corrected chi connectivity index (χ4v) is 8.84. The van der Waals surface area contributed by atoms with Gasteiger partial charge in [-0.3, -0.25) is 34.3 Å². The number of phenolic OH excluding ortho intramolecular Hbond substituents is 1. The number of benzene rings is 1. The monoisotopic (exact) mass is 953 g/mol. The molecule has 0 bridgehead atoms. The number of thiazole rings is 1. The van der Waals surface area contributed by atoms with Crippen LogP contribution in [0.1, 0.15) is 113 Å². The van der Waals surface area contributed by atoms with E-state index >= 15 is 0 Å². The second-order valence-corrected chi connectivity index (χ2v) is 19.5. The van der Waals surface area contributed by atoms with E-state index in [4.69, 9.17) is 14.2 Å². The van der Waals surface area contributed by atoms with Crippen LogP contribution in [0.15, 0.2) is 29.6 Å². The van der Waals surface area contributed by atoms with E-state index < -0.39 is 60.2 Å². The first-order valence-corrected chi connectivity index (χ1v) is 25.4. The van der Waals surface area contributed by atoms with Gasteiger partial charge >= 0.3 is 12.1 Å². The highest BCUT2D eigenvalue weighted by atomic mass is 33.1. The molecule has 64 heavy (non-hydrogen) atoms. The van der Waals surface area contributed by atoms with Gasteiger partial charge in [-0.15, -0.1) is 11.3 Å². The summed E-state index contributed by atoms with van der Waals surface area (Å²) in [6.45, 7) is 9.25. The molecule has 0 saturated carbocycles. The zero-order valence-electron chi connectivity index (χ0n) is 38.0. The summed E-state index contributed by atoms with van der Waals surface area (Å²) in [4.78, 5) is 87.1. The van der Waals surface area contributed by atoms with E-state index in [1.165, 1.54) is 40.1 Å². The Morgan fingerprint density at radius 3 is 2.44 bits per heavy atom. The highest BCUT2D eigenvalue weighted by molar-refractivity contribution is 8.76. The lowest BCUT2D eigenvalue weighted by atomic mass is 9.95. The molecule has 358 valence electrons. The fraction of sp³-hybridized carbons (Fsp3) is 0.651. The Kier molecular flexibility index (Phi) is 24.3. The lowest BCUT2D eigenvalue weighted by Gasteiger charge is -2.35. The summed E-state index contributed by atoms with van der Waals surface area (Å²) >= 11 is 1.09. The Labute approximate surface area is 388 Å². The minimum absolute atomic E-state index is 0.0127. The molecule has 18 nitrogen and oxygen atoms in total. The van der Waals surface area contributed by atoms with Gasteiger partial charge in [0.15, 0.2) is 12.4 Å². The number of hydrogen-bond acceptors (Lipinski definition) is 16. The van der Waals surface area contributed by atoms with Crippen LogP contribution in [0.4, 0.5) is 4.79 Å². The Hall–Kier alpha value is -4.15. The van der Waals surface area contributed by atoms with Crippen LogP contribution < -0.4 is 21.5 Å². The number of piperidine rings is 1. The summed E-state index contributed by atoms with van der Waals surface area (Å²) in [5.74, 6) is -2.60. The maximum absolute atomic E-state index is 14.4. The minimum Gasteiger partial charge on any atom is -0.508 e. The number of aliphatic hydroxyl groups excluding tert-OH is 1. The molecule has 1 aliphatic heterocycles. The largest absolute Gasteiger partial charge is 0.508 e. The number of nitrogens with zero attached hydrogens (tertiary/aromatic N) is 3. The van der Waals surface area contributed by atoms with Crippen LogP contribution in [-0.4, -0.2) is 131 Å². The van der Waals surface area contributed by atoms with Crippen LogP contribution >= 0.6 is 32.9 Å². The van der Waals surface area contributed by atoms with Gasteiger partial charge in [-0.2, -0.15) is 0 Å². The van der Waals surface area contributed by atoms with Crippen molar-refractivity contribution in [2.45, 2.75) is 123 Å². The zero-order valence-corrected chi connectivity index (χ0v) is 40.4. The number of aromatic nitrogens is 1. The zero-order chi connectivity index (χ0) is 47.2. The highest BCUT2D eigenvalue weighted by Gasteiger charge is 2.35. The average molecular weight is 954 g/mol. The van der Waals surface area contributed by atoms with Crippen LogP contribution in [0, 0.1) is 11.8 Å². The van der Waals surface area contributed by atoms with Gasteiger partial charge in [-0.05, 0) is 75.6 Å². The van der Waals surface area contributed by atoms with Crippen molar-refractivity contribution < 1.29 is 53.2 Å². The predicted molar refractivity (Wildman–Crippen MR) is 247 cm³/mol. The van der Waals surface area contributed by atoms with Crippen molar-refractivity contribution >= 4 is 68.6 Å². The molecular formula is C43H67N7O11S3. The summed E-state index contributed by atoms with van der Waals surface area (Å²) in [5.41, 5.74) is 5.41. The van der Waals surface area contributed by atoms with Crippen molar-refractivity contribution in [3.63, 3.8) is 0 Å². The Bertz CT molecular complexity index is 1790. The molecule has 0 aliphatic carbocycles. The number of carbonyl (C=O) groups is 6. The van der Waals surface area contributed by atoms with Crippen molar-refractivity contribution in [3.05, 3.63) is 45.9 Å². The number of esters is 1. The van der Waals surface area contributed by atoms with Gasteiger partial charge in [0.05, 0.1) is 6.04 Å². The molecule has 6 N–H and O–H groups in total. The third kappa shape index (κ3) is 18.8. The standard InChI is InChI=1S/C43H67N7O11S3/c1-8-12-36(53)60-26-50(42(57)37(27(3)9-2)46-40(56)34-13-10-11-19-49(34)6)20-18-35(61-29(5)51)41-45-33(25-63-41)39(55)44-31(24-30-14-16-32(52)17-15-30)23-28(4)38(54)47-48-43(58)59-21-22-64-62-7/h14-17,25,27-28,31,34-37,52-53H,8-13,18-24,26H2,1-7H3,(H,44,55)(H,46,56)(H,47,54)(H,48,58)/t27?,28-,31+,34+,35+,36?,37-/m0/s1. The van der Waals surface area contributed by atoms with Gasteiger partial charge in [-0.25, -0.2) is 15.2 Å². The minimum atomic E-state index is -1.13. The van der Waals surface area contributed by atoms with Crippen LogP contribution in [0.3, 0.4) is 0 Å². The molecule has 1 aliphatic rings. The van der Waals surface area contributed by atoms with E-state index in [1.807, 2.05) is 39.0 Å². The lowest BCUT2D eigenvalue weighted by Crippen LogP contribution is -2.57. The molecule has 0 radical (unpaired) electrons. The molecule has 2 heterocycles. The van der Waals surface area contributed by atoms with Gasteiger partial charge in [0, 0.05) is 43.0 Å². The third-order valence-electron chi connectivity index (χ3n) is 10.8. The number of hydrogen-bond donors (Lipinski definition) is 6. The van der Waals surface area contributed by atoms with Crippen molar-refractivity contribution in [1.82, 2.24) is 36.3 Å². The number of rotatable bonds is 26. The van der Waals surface area contributed by atoms with E-state index in [0.29, 0.717) is 36.4 Å². The number of carbonyl (C=O) groups excluding carboxylic acids is 6. The molecular weight excluding hydrogens is 887 g/mol. The van der Waals surface area contributed by atoms with Gasteiger partial charge in [-0.1, -0.05) is 80.7 Å². The summed E-state index contributed by atoms with van der Waals surface area (Å²) < 4.78 is 16.4. The molecule has 7 atom stereocenters. The number of phenols is 1. The summed E-state index contributed by atoms with van der Waals surface area (Å²) in [7, 11) is 4.97. The molecule has 1 saturated heterocycles. The molecule has 2 unspecified atom stereocenters. The van der Waals surface area contributed by atoms with Gasteiger partial charge in [0.25, 0.3) is 5.91 Å². The van der Waals surface area contributed by atoms with Crippen LogP contribution in [0.5, 0.6) is 5.75 Å². The van der Waals surface area contributed by atoms with E-state index in [1.54, 1.807) is 29.9 Å². The SMILES string of the molecule is CCCC(O)OCN(CC[C@@H](OC(C)=O)c1nc(C(=O)N[C@@H](Cc2ccc(O)cc2)C[C@H](C)C(=O)NNC(=O)OCCSSC)cs1)C(=O)[C@@H](NC(=O)[C@H]1CCCCN1C)C(C)CC. The van der Waals surface area contributed by atoms with E-state index in [-0.39, 0.29) is 68.5 Å². The van der Waals surface area contributed by atoms with E-state index in [9.17, 15) is 39.0 Å². The number of ether oxygens (including phenoxy) is 3. The number of nitrogens with one attached hydrogen (secondary N) is 4. The summed E-state index contributed by atoms with van der Waals surface area (Å²) in [6.07, 6.45) is 3.65. The fourth-order valence-electron chi connectivity index (χ4n) is 6.95. The second-order valence-electron chi connectivity index (χ2n) is 15.9. The van der Waals surface area contributed by atoms with Gasteiger partial charge < -0.3 is 40.0 Å². The average Bonchev–Trinajstić information content (AvgIpc) is 3.77. The predicted octanol–water partition coefficient (Wildman–Crippen LogP) is 4.92. The van der Waals surface area contributed by atoms with Gasteiger partial charge in [0.2, 0.25) is 17.7 Å². The van der Waals surface area contributed by atoms with Crippen molar-refractivity contribution in [2.75, 3.05) is 45.5 Å². The molecule has 1 fully saturated rings. The Morgan fingerprint density at radius 1 is 1.05 bits per heavy atom. The number of likely N-dealkylation sites (tertiary alicyclic amines) is 1. The maximum Gasteiger partial charge on any atom is 0.426 e. The first-order valence-electron chi connectivity index (χ1n) is 21.7. The highest BCUT2D eigenvalue weighted by Crippen LogP contribution is 2.27. The number of aromatic hydroxyl groups is 1. The van der Waals surface area contributed by atoms with Crippen molar-refractivity contribution in [1.29, 1.82) is 0 Å². The van der Waals surface area contributed by atoms with Crippen LogP contribution in [0.25, 0.3) is 0 Å². The molecule has 5 amide bonds. The topological polar surface area (TPSA) is 238 Å². The quantitative estimate of drug-likeness (QED) is 0.0242. The first kappa shape index (κ1) is 54.2. The molecule has 1 aromatic heterocycles. The van der Waals surface area contributed by atoms with Crippen molar-refractivity contribution in [2.24, 2.45) is 11.8 Å². The van der Waals surface area contributed by atoms with E-state index in [2.05, 4.69) is 26.5 Å². The second kappa shape index (κ2) is 28.7. The first-order chi connectivity index (χ1) is 30.6. The van der Waals surface area contributed by atoms with Crippen LogP contribution in [-0.2, 0) is 39.8 Å². The summed E-state index contributed by atoms with van der Waals surface area (Å²) in [6, 6.07) is 4.58. The third-order valence-corrected chi connectivity index (χ3v) is 13.5. The number of hydrazine groups is 1. The molecule has 1 aromatic carbocycles. The number of aliphatic hydroxyl groups is 1. The Balaban J connectivity index is 1.79. The molecule has 2 aromatic rings. The lowest BCUT2D eigenvalue weighted by molar-refractivity contribution is -0.162. The number of amides is 5. The summed E-state index contributed by atoms with van der Waals surface area (Å²) in [5, 5.41) is 28.1. The van der Waals surface area contributed by atoms with Crippen LogP contribution in [0.2, 0.25) is 0 Å². The normalized spacial score (nSPS) is 16.8. The number of likely N-dealkylation sites (N-methyl/N-ethyl adjacent to an activating group) is 1. The molecule has 21 heteroatoms. The Morgan fingerprint density at radius 2 is 1.78 bits per heavy atom. The molecule has 0 spiro atoms. The maximum atomic E-state index is 14.4. The smallest absolute Gasteiger partial charge is 0.426 e. The molecule has 3 rings (SSSR count). The van der Waals surface area contributed by atoms with Gasteiger partial charge in [0.1, 0.15) is 35.8 Å². The van der Waals surface area contributed by atoms with E-state index in [0.717, 1.165) is 36.3 Å². The van der Waals surface area contributed by atoms with Crippen molar-refractivity contribution in [3.8, 4) is 5.75 Å².